The van der Waals surface area contributed by atoms with E-state index in [1.54, 1.807) is 4.90 Å². The highest BCUT2D eigenvalue weighted by atomic mass is 32.2. The summed E-state index contributed by atoms with van der Waals surface area (Å²) in [6.45, 7) is 3.19. The van der Waals surface area contributed by atoms with Gasteiger partial charge >= 0.3 is 0 Å². The molecule has 0 unspecified atom stereocenters. The lowest BCUT2D eigenvalue weighted by molar-refractivity contribution is -0.117. The topological polar surface area (TPSA) is 66.9 Å². The van der Waals surface area contributed by atoms with Crippen LogP contribution in [0.5, 0.6) is 0 Å². The molecule has 0 aromatic heterocycles. The first-order valence-electron chi connectivity index (χ1n) is 7.99. The molecule has 3 saturated heterocycles. The monoisotopic (exact) mass is 336 g/mol. The van der Waals surface area contributed by atoms with Crippen molar-refractivity contribution in [1.82, 2.24) is 0 Å². The Labute approximate surface area is 135 Å². The van der Waals surface area contributed by atoms with Crippen LogP contribution in [-0.4, -0.2) is 58.2 Å². The number of ether oxygens (including phenoxy) is 1. The predicted octanol–water partition coefficient (Wildman–Crippen LogP) is 0.673. The fourth-order valence-electron chi connectivity index (χ4n) is 3.87. The highest BCUT2D eigenvalue weighted by molar-refractivity contribution is 7.91. The molecule has 3 fully saturated rings. The molecule has 7 heteroatoms. The van der Waals surface area contributed by atoms with E-state index in [-0.39, 0.29) is 29.4 Å². The average Bonchev–Trinajstić information content (AvgIpc) is 2.98. The van der Waals surface area contributed by atoms with Gasteiger partial charge in [-0.05, 0) is 24.3 Å². The van der Waals surface area contributed by atoms with Gasteiger partial charge in [-0.15, -0.1) is 0 Å². The first kappa shape index (κ1) is 15.0. The number of hydrogen-bond donors (Lipinski definition) is 0. The van der Waals surface area contributed by atoms with Gasteiger partial charge in [-0.25, -0.2) is 8.42 Å². The van der Waals surface area contributed by atoms with Gasteiger partial charge in [-0.2, -0.15) is 0 Å². The van der Waals surface area contributed by atoms with E-state index in [0.717, 1.165) is 37.7 Å². The van der Waals surface area contributed by atoms with Crippen molar-refractivity contribution in [2.45, 2.75) is 12.5 Å². The Morgan fingerprint density at radius 3 is 2.35 bits per heavy atom. The van der Waals surface area contributed by atoms with Crippen LogP contribution in [0, 0.1) is 5.92 Å². The quantitative estimate of drug-likeness (QED) is 0.794. The van der Waals surface area contributed by atoms with Gasteiger partial charge in [0.05, 0.1) is 30.8 Å². The maximum Gasteiger partial charge on any atom is 0.227 e. The van der Waals surface area contributed by atoms with Crippen LogP contribution in [0.3, 0.4) is 0 Å². The smallest absolute Gasteiger partial charge is 0.227 e. The van der Waals surface area contributed by atoms with Crippen molar-refractivity contribution >= 4 is 27.1 Å². The van der Waals surface area contributed by atoms with E-state index < -0.39 is 9.84 Å². The molecule has 1 amide bonds. The van der Waals surface area contributed by atoms with Crippen molar-refractivity contribution in [3.05, 3.63) is 24.3 Å². The van der Waals surface area contributed by atoms with E-state index in [0.29, 0.717) is 6.42 Å². The molecule has 2 atom stereocenters. The largest absolute Gasteiger partial charge is 0.378 e. The molecular weight excluding hydrogens is 316 g/mol. The number of anilines is 2. The maximum atomic E-state index is 12.3. The van der Waals surface area contributed by atoms with Crippen molar-refractivity contribution < 1.29 is 17.9 Å². The summed E-state index contributed by atoms with van der Waals surface area (Å²) in [5.41, 5.74) is 1.91. The zero-order valence-electron chi connectivity index (χ0n) is 12.8. The highest BCUT2D eigenvalue weighted by Gasteiger charge is 2.49. The molecular formula is C16H20N2O4S. The van der Waals surface area contributed by atoms with Crippen molar-refractivity contribution in [3.63, 3.8) is 0 Å². The second kappa shape index (κ2) is 5.49. The lowest BCUT2D eigenvalue weighted by atomic mass is 10.0. The molecule has 6 nitrogen and oxygen atoms in total. The lowest BCUT2D eigenvalue weighted by Crippen LogP contribution is -2.37. The van der Waals surface area contributed by atoms with E-state index in [9.17, 15) is 13.2 Å². The minimum atomic E-state index is -3.01. The van der Waals surface area contributed by atoms with E-state index in [2.05, 4.69) is 4.90 Å². The zero-order valence-corrected chi connectivity index (χ0v) is 13.7. The van der Waals surface area contributed by atoms with Gasteiger partial charge in [0, 0.05) is 36.8 Å². The van der Waals surface area contributed by atoms with Gasteiger partial charge in [-0.1, -0.05) is 0 Å². The average molecular weight is 336 g/mol. The van der Waals surface area contributed by atoms with Gasteiger partial charge in [-0.3, -0.25) is 4.79 Å². The van der Waals surface area contributed by atoms with Crippen LogP contribution in [0.4, 0.5) is 11.4 Å². The number of rotatable bonds is 2. The molecule has 1 aromatic rings. The van der Waals surface area contributed by atoms with Gasteiger partial charge in [0.1, 0.15) is 0 Å². The van der Waals surface area contributed by atoms with Crippen LogP contribution in [0.2, 0.25) is 0 Å². The Balaban J connectivity index is 1.56. The Kier molecular flexibility index (Phi) is 3.57. The summed E-state index contributed by atoms with van der Waals surface area (Å²) in [6, 6.07) is 7.67. The summed E-state index contributed by atoms with van der Waals surface area (Å²) in [4.78, 5) is 16.2. The van der Waals surface area contributed by atoms with Crippen LogP contribution in [0.1, 0.15) is 6.42 Å². The molecule has 0 spiro atoms. The summed E-state index contributed by atoms with van der Waals surface area (Å²) >= 11 is 0. The fourth-order valence-corrected chi connectivity index (χ4v) is 5.94. The zero-order chi connectivity index (χ0) is 16.0. The standard InChI is InChI=1S/C16H20N2O4S/c19-16-9-12-10-23(20,21)11-15(12)18(16)14-3-1-13(2-4-14)17-5-7-22-8-6-17/h1-4,12,15H,5-11H2/t12-,15+/m1/s1. The van der Waals surface area contributed by atoms with E-state index in [1.807, 2.05) is 24.3 Å². The predicted molar refractivity (Wildman–Crippen MR) is 87.5 cm³/mol. The minimum absolute atomic E-state index is 0.0361. The Morgan fingerprint density at radius 2 is 1.65 bits per heavy atom. The molecule has 3 heterocycles. The number of carbonyl (C=O) groups is 1. The van der Waals surface area contributed by atoms with Crippen molar-refractivity contribution in [2.75, 3.05) is 47.6 Å². The number of carbonyl (C=O) groups excluding carboxylic acids is 1. The number of morpholine rings is 1. The molecule has 0 bridgehead atoms. The summed E-state index contributed by atoms with van der Waals surface area (Å²) in [6.07, 6.45) is 0.342. The Hall–Kier alpha value is -1.60. The van der Waals surface area contributed by atoms with E-state index >= 15 is 0 Å². The third kappa shape index (κ3) is 2.72. The SMILES string of the molecule is O=C1C[C@@H]2CS(=O)(=O)C[C@@H]2N1c1ccc(N2CCOCC2)cc1. The first-order chi connectivity index (χ1) is 11.0. The minimum Gasteiger partial charge on any atom is -0.378 e. The van der Waals surface area contributed by atoms with Gasteiger partial charge < -0.3 is 14.5 Å². The number of fused-ring (bicyclic) bond motifs is 1. The molecule has 124 valence electrons. The van der Waals surface area contributed by atoms with Gasteiger partial charge in [0.25, 0.3) is 0 Å². The van der Waals surface area contributed by atoms with Crippen molar-refractivity contribution in [3.8, 4) is 0 Å². The summed E-state index contributed by atoms with van der Waals surface area (Å²) < 4.78 is 29.0. The van der Waals surface area contributed by atoms with Crippen LogP contribution in [0.15, 0.2) is 24.3 Å². The number of amides is 1. The third-order valence-corrected chi connectivity index (χ3v) is 6.76. The molecule has 23 heavy (non-hydrogen) atoms. The molecule has 4 rings (SSSR count). The number of hydrogen-bond acceptors (Lipinski definition) is 5. The second-order valence-electron chi connectivity index (χ2n) is 6.49. The van der Waals surface area contributed by atoms with Crippen molar-refractivity contribution in [2.24, 2.45) is 5.92 Å². The van der Waals surface area contributed by atoms with Crippen LogP contribution >= 0.6 is 0 Å². The number of benzene rings is 1. The summed E-state index contributed by atoms with van der Waals surface area (Å²) in [5.74, 6) is 0.223. The first-order valence-corrected chi connectivity index (χ1v) is 9.81. The molecule has 3 aliphatic heterocycles. The van der Waals surface area contributed by atoms with Crippen LogP contribution < -0.4 is 9.80 Å². The number of sulfone groups is 1. The normalized spacial score (nSPS) is 29.8. The van der Waals surface area contributed by atoms with Crippen molar-refractivity contribution in [1.29, 1.82) is 0 Å². The number of nitrogens with zero attached hydrogens (tertiary/aromatic N) is 2. The molecule has 0 aliphatic carbocycles. The highest BCUT2D eigenvalue weighted by Crippen LogP contribution is 2.37. The molecule has 0 saturated carbocycles. The maximum absolute atomic E-state index is 12.3. The molecule has 1 aromatic carbocycles. The second-order valence-corrected chi connectivity index (χ2v) is 8.64. The van der Waals surface area contributed by atoms with Gasteiger partial charge in [0.2, 0.25) is 5.91 Å². The molecule has 0 N–H and O–H groups in total. The third-order valence-electron chi connectivity index (χ3n) is 4.98. The summed E-state index contributed by atoms with van der Waals surface area (Å²) in [7, 11) is -3.01. The summed E-state index contributed by atoms with van der Waals surface area (Å²) in [5, 5.41) is 0. The molecule has 3 aliphatic rings. The van der Waals surface area contributed by atoms with Crippen LogP contribution in [-0.2, 0) is 19.4 Å². The Morgan fingerprint density at radius 1 is 1.00 bits per heavy atom. The molecule has 0 radical (unpaired) electrons. The van der Waals surface area contributed by atoms with E-state index in [1.165, 1.54) is 0 Å². The van der Waals surface area contributed by atoms with Gasteiger partial charge in [0.15, 0.2) is 9.84 Å². The Bertz CT molecular complexity index is 710. The van der Waals surface area contributed by atoms with E-state index in [4.69, 9.17) is 4.74 Å². The van der Waals surface area contributed by atoms with Crippen LogP contribution in [0.25, 0.3) is 0 Å². The fraction of sp³-hybridized carbons (Fsp3) is 0.562. The lowest BCUT2D eigenvalue weighted by Gasteiger charge is -2.29.